The van der Waals surface area contributed by atoms with E-state index >= 15 is 0 Å². The average molecular weight is 285 g/mol. The van der Waals surface area contributed by atoms with E-state index < -0.39 is 0 Å². The number of hydrogen-bond donors (Lipinski definition) is 0. The third-order valence-electron chi connectivity index (χ3n) is 2.46. The van der Waals surface area contributed by atoms with E-state index in [0.29, 0.717) is 0 Å². The summed E-state index contributed by atoms with van der Waals surface area (Å²) in [5.74, 6) is 6.32. The molecule has 0 saturated carbocycles. The number of rotatable bonds is 9. The molecule has 0 heterocycles. The topological polar surface area (TPSA) is 0 Å². The second kappa shape index (κ2) is 14.8. The lowest BCUT2D eigenvalue weighted by Crippen LogP contribution is -1.79. The van der Waals surface area contributed by atoms with Gasteiger partial charge in [-0.3, -0.25) is 0 Å². The summed E-state index contributed by atoms with van der Waals surface area (Å²) in [5.41, 5.74) is 0. The summed E-state index contributed by atoms with van der Waals surface area (Å²) < 4.78 is 0. The van der Waals surface area contributed by atoms with Crippen molar-refractivity contribution in [2.75, 3.05) is 5.33 Å². The van der Waals surface area contributed by atoms with Gasteiger partial charge in [0.15, 0.2) is 0 Å². The van der Waals surface area contributed by atoms with Gasteiger partial charge in [0, 0.05) is 11.8 Å². The van der Waals surface area contributed by atoms with Crippen LogP contribution in [0.25, 0.3) is 0 Å². The average Bonchev–Trinajstić information content (AvgIpc) is 2.31. The maximum Gasteiger partial charge on any atom is 0.00922 e. The van der Waals surface area contributed by atoms with Gasteiger partial charge in [-0.05, 0) is 25.3 Å². The molecule has 0 saturated heterocycles. The number of alkyl halides is 1. The molecule has 0 aromatic carbocycles. The number of unbranched alkanes of at least 4 members (excludes halogenated alkanes) is 7. The molecule has 0 aliphatic heterocycles. The van der Waals surface area contributed by atoms with Gasteiger partial charge < -0.3 is 0 Å². The van der Waals surface area contributed by atoms with Crippen LogP contribution in [0.3, 0.4) is 0 Å². The Labute approximate surface area is 110 Å². The van der Waals surface area contributed by atoms with Crippen LogP contribution in [0.2, 0.25) is 0 Å². The lowest BCUT2D eigenvalue weighted by atomic mass is 10.1. The Morgan fingerprint density at radius 3 is 2.50 bits per heavy atom. The van der Waals surface area contributed by atoms with E-state index in [4.69, 9.17) is 0 Å². The number of halogens is 1. The third kappa shape index (κ3) is 13.8. The predicted molar refractivity (Wildman–Crippen MR) is 77.9 cm³/mol. The second-order valence-electron chi connectivity index (χ2n) is 4.07. The van der Waals surface area contributed by atoms with E-state index in [-0.39, 0.29) is 0 Å². The first-order valence-corrected chi connectivity index (χ1v) is 7.73. The van der Waals surface area contributed by atoms with Crippen LogP contribution in [0.1, 0.15) is 64.7 Å². The molecule has 0 aliphatic rings. The van der Waals surface area contributed by atoms with Crippen LogP contribution < -0.4 is 0 Å². The lowest BCUT2D eigenvalue weighted by molar-refractivity contribution is 0.645. The maximum atomic E-state index is 3.45. The zero-order valence-corrected chi connectivity index (χ0v) is 12.2. The summed E-state index contributed by atoms with van der Waals surface area (Å²) in [5, 5.41) is 1.15. The summed E-state index contributed by atoms with van der Waals surface area (Å²) in [6, 6.07) is 0. The van der Waals surface area contributed by atoms with Gasteiger partial charge in [-0.1, -0.05) is 72.9 Å². The van der Waals surface area contributed by atoms with Crippen LogP contribution in [0.5, 0.6) is 0 Å². The predicted octanol–water partition coefficient (Wildman–Crippen LogP) is 5.47. The summed E-state index contributed by atoms with van der Waals surface area (Å²) in [6.45, 7) is 2.22. The molecule has 0 aliphatic carbocycles. The van der Waals surface area contributed by atoms with Gasteiger partial charge in [-0.25, -0.2) is 0 Å². The largest absolute Gasteiger partial charge is 0.0985 e. The van der Waals surface area contributed by atoms with Crippen molar-refractivity contribution in [3.8, 4) is 11.8 Å². The van der Waals surface area contributed by atoms with Crippen LogP contribution >= 0.6 is 15.9 Å². The van der Waals surface area contributed by atoms with Crippen molar-refractivity contribution in [3.05, 3.63) is 12.2 Å². The molecule has 92 valence electrons. The Bertz CT molecular complexity index is 207. The van der Waals surface area contributed by atoms with Crippen LogP contribution in [-0.2, 0) is 0 Å². The van der Waals surface area contributed by atoms with Gasteiger partial charge in [0.1, 0.15) is 0 Å². The second-order valence-corrected chi connectivity index (χ2v) is 4.87. The van der Waals surface area contributed by atoms with E-state index in [1.54, 1.807) is 0 Å². The Balaban J connectivity index is 3.18. The summed E-state index contributed by atoms with van der Waals surface area (Å²) in [6.07, 6.45) is 15.6. The van der Waals surface area contributed by atoms with Crippen molar-refractivity contribution in [2.24, 2.45) is 0 Å². The summed E-state index contributed by atoms with van der Waals surface area (Å²) in [7, 11) is 0. The fourth-order valence-corrected chi connectivity index (χ4v) is 1.83. The number of hydrogen-bond acceptors (Lipinski definition) is 0. The lowest BCUT2D eigenvalue weighted by Gasteiger charge is -1.95. The van der Waals surface area contributed by atoms with Gasteiger partial charge in [0.05, 0.1) is 0 Å². The molecule has 0 aromatic rings. The third-order valence-corrected chi connectivity index (χ3v) is 3.02. The van der Waals surface area contributed by atoms with E-state index in [0.717, 1.165) is 11.8 Å². The highest BCUT2D eigenvalue weighted by atomic mass is 79.9. The van der Waals surface area contributed by atoms with E-state index in [1.807, 2.05) is 6.08 Å². The molecule has 0 amide bonds. The van der Waals surface area contributed by atoms with Crippen molar-refractivity contribution in [3.63, 3.8) is 0 Å². The normalized spacial score (nSPS) is 10.4. The van der Waals surface area contributed by atoms with Crippen LogP contribution in [0.15, 0.2) is 12.2 Å². The molecule has 0 radical (unpaired) electrons. The SMILES string of the molecule is CCCCC=CC#CCCCCCCCBr. The molecule has 16 heavy (non-hydrogen) atoms. The molecular weight excluding hydrogens is 260 g/mol. The molecule has 0 unspecified atom stereocenters. The highest BCUT2D eigenvalue weighted by molar-refractivity contribution is 9.09. The Kier molecular flexibility index (Phi) is 14.6. The molecule has 0 nitrogen and oxygen atoms in total. The first kappa shape index (κ1) is 15.8. The van der Waals surface area contributed by atoms with Crippen LogP contribution in [0.4, 0.5) is 0 Å². The molecular formula is C15H25Br. The molecule has 1 heteroatoms. The first-order valence-electron chi connectivity index (χ1n) is 6.61. The quantitative estimate of drug-likeness (QED) is 0.299. The molecule has 0 atom stereocenters. The Morgan fingerprint density at radius 2 is 1.75 bits per heavy atom. The van der Waals surface area contributed by atoms with Crippen molar-refractivity contribution < 1.29 is 0 Å². The fourth-order valence-electron chi connectivity index (χ4n) is 1.43. The van der Waals surface area contributed by atoms with Crippen molar-refractivity contribution in [1.82, 2.24) is 0 Å². The first-order chi connectivity index (χ1) is 7.91. The molecule has 0 rings (SSSR count). The van der Waals surface area contributed by atoms with Gasteiger partial charge >= 0.3 is 0 Å². The molecule has 0 N–H and O–H groups in total. The minimum absolute atomic E-state index is 1.06. The van der Waals surface area contributed by atoms with Crippen LogP contribution in [-0.4, -0.2) is 5.33 Å². The minimum atomic E-state index is 1.06. The molecule has 0 aromatic heterocycles. The summed E-state index contributed by atoms with van der Waals surface area (Å²) >= 11 is 3.45. The van der Waals surface area contributed by atoms with Crippen molar-refractivity contribution in [1.29, 1.82) is 0 Å². The van der Waals surface area contributed by atoms with E-state index in [1.165, 1.54) is 51.4 Å². The standard InChI is InChI=1S/C15H25Br/c1-2-3-4-5-6-7-8-9-10-11-12-13-14-15-16/h5-6H,2-4,9-15H2,1H3. The molecule has 0 bridgehead atoms. The highest BCUT2D eigenvalue weighted by Crippen LogP contribution is 2.05. The maximum absolute atomic E-state index is 3.45. The van der Waals surface area contributed by atoms with Crippen molar-refractivity contribution >= 4 is 15.9 Å². The number of allylic oxidation sites excluding steroid dienone is 2. The van der Waals surface area contributed by atoms with Gasteiger partial charge in [0.25, 0.3) is 0 Å². The zero-order chi connectivity index (χ0) is 11.9. The molecule has 0 spiro atoms. The Morgan fingerprint density at radius 1 is 1.00 bits per heavy atom. The van der Waals surface area contributed by atoms with Gasteiger partial charge in [-0.15, -0.1) is 0 Å². The van der Waals surface area contributed by atoms with Gasteiger partial charge in [0.2, 0.25) is 0 Å². The van der Waals surface area contributed by atoms with E-state index in [9.17, 15) is 0 Å². The molecule has 0 fully saturated rings. The van der Waals surface area contributed by atoms with Crippen LogP contribution in [0, 0.1) is 11.8 Å². The minimum Gasteiger partial charge on any atom is -0.0985 e. The zero-order valence-electron chi connectivity index (χ0n) is 10.6. The summed E-state index contributed by atoms with van der Waals surface area (Å²) in [4.78, 5) is 0. The highest BCUT2D eigenvalue weighted by Gasteiger charge is 1.87. The fraction of sp³-hybridized carbons (Fsp3) is 0.733. The van der Waals surface area contributed by atoms with E-state index in [2.05, 4.69) is 40.8 Å². The smallest absolute Gasteiger partial charge is 0.00922 e. The Hall–Kier alpha value is -0.220. The van der Waals surface area contributed by atoms with Gasteiger partial charge in [-0.2, -0.15) is 0 Å². The monoisotopic (exact) mass is 284 g/mol. The van der Waals surface area contributed by atoms with Crippen molar-refractivity contribution in [2.45, 2.75) is 64.7 Å².